The zero-order valence-electron chi connectivity index (χ0n) is 14.7. The van der Waals surface area contributed by atoms with Crippen molar-refractivity contribution in [1.29, 1.82) is 0 Å². The van der Waals surface area contributed by atoms with Crippen LogP contribution in [0.5, 0.6) is 0 Å². The van der Waals surface area contributed by atoms with Gasteiger partial charge >= 0.3 is 5.97 Å². The SMILES string of the molecule is CCOCCn1c(=NS(=O)(=O)c2cccs2)sc2cc(C(=O)OC)ccc21. The van der Waals surface area contributed by atoms with Crippen LogP contribution in [0.25, 0.3) is 10.2 Å². The monoisotopic (exact) mass is 426 g/mol. The highest BCUT2D eigenvalue weighted by Gasteiger charge is 2.16. The molecule has 1 aromatic carbocycles. The molecule has 0 N–H and O–H groups in total. The van der Waals surface area contributed by atoms with Crippen molar-refractivity contribution in [3.8, 4) is 0 Å². The van der Waals surface area contributed by atoms with Crippen LogP contribution >= 0.6 is 22.7 Å². The predicted octanol–water partition coefficient (Wildman–Crippen LogP) is 2.88. The number of esters is 1. The molecule has 144 valence electrons. The molecule has 2 aromatic heterocycles. The molecule has 3 aromatic rings. The number of thiophene rings is 1. The van der Waals surface area contributed by atoms with Crippen LogP contribution in [0, 0.1) is 0 Å². The minimum Gasteiger partial charge on any atom is -0.465 e. The third kappa shape index (κ3) is 4.29. The highest BCUT2D eigenvalue weighted by molar-refractivity contribution is 7.92. The average molecular weight is 427 g/mol. The predicted molar refractivity (Wildman–Crippen MR) is 105 cm³/mol. The van der Waals surface area contributed by atoms with Gasteiger partial charge in [-0.1, -0.05) is 17.4 Å². The Morgan fingerprint density at radius 1 is 1.30 bits per heavy atom. The fourth-order valence-electron chi connectivity index (χ4n) is 2.46. The first-order valence-corrected chi connectivity index (χ1v) is 11.2. The number of benzene rings is 1. The second kappa shape index (κ2) is 8.34. The molecule has 27 heavy (non-hydrogen) atoms. The van der Waals surface area contributed by atoms with Crippen LogP contribution in [0.3, 0.4) is 0 Å². The molecule has 0 unspecified atom stereocenters. The number of nitrogens with zero attached hydrogens (tertiary/aromatic N) is 2. The molecule has 0 aliphatic carbocycles. The molecule has 7 nitrogen and oxygen atoms in total. The van der Waals surface area contributed by atoms with Crippen LogP contribution in [0.2, 0.25) is 0 Å². The van der Waals surface area contributed by atoms with Crippen molar-refractivity contribution < 1.29 is 22.7 Å². The Morgan fingerprint density at radius 3 is 2.78 bits per heavy atom. The van der Waals surface area contributed by atoms with E-state index in [1.165, 1.54) is 24.5 Å². The Labute approximate surface area is 164 Å². The summed E-state index contributed by atoms with van der Waals surface area (Å²) in [7, 11) is -2.48. The zero-order valence-corrected chi connectivity index (χ0v) is 17.2. The van der Waals surface area contributed by atoms with Gasteiger partial charge < -0.3 is 14.0 Å². The molecule has 0 radical (unpaired) electrons. The Morgan fingerprint density at radius 2 is 2.11 bits per heavy atom. The van der Waals surface area contributed by atoms with Crippen LogP contribution in [0.4, 0.5) is 0 Å². The lowest BCUT2D eigenvalue weighted by atomic mass is 10.2. The number of aromatic nitrogens is 1. The molecule has 0 fully saturated rings. The second-order valence-electron chi connectivity index (χ2n) is 5.41. The van der Waals surface area contributed by atoms with Crippen molar-refractivity contribution in [2.75, 3.05) is 20.3 Å². The third-order valence-corrected chi connectivity index (χ3v) is 7.51. The molecule has 0 atom stereocenters. The summed E-state index contributed by atoms with van der Waals surface area (Å²) in [5.74, 6) is -0.448. The fraction of sp³-hybridized carbons (Fsp3) is 0.294. The van der Waals surface area contributed by atoms with Crippen molar-refractivity contribution in [1.82, 2.24) is 4.57 Å². The van der Waals surface area contributed by atoms with Crippen LogP contribution in [-0.4, -0.2) is 39.3 Å². The summed E-state index contributed by atoms with van der Waals surface area (Å²) in [6, 6.07) is 8.29. The highest BCUT2D eigenvalue weighted by Crippen LogP contribution is 2.22. The van der Waals surface area contributed by atoms with Crippen LogP contribution in [0.1, 0.15) is 17.3 Å². The molecule has 0 amide bonds. The smallest absolute Gasteiger partial charge is 0.337 e. The van der Waals surface area contributed by atoms with Gasteiger partial charge in [0.15, 0.2) is 0 Å². The van der Waals surface area contributed by atoms with Crippen LogP contribution in [0.15, 0.2) is 44.3 Å². The second-order valence-corrected chi connectivity index (χ2v) is 9.19. The maximum atomic E-state index is 12.6. The molecule has 2 heterocycles. The molecule has 0 bridgehead atoms. The van der Waals surface area contributed by atoms with Gasteiger partial charge in [0.25, 0.3) is 10.0 Å². The largest absolute Gasteiger partial charge is 0.465 e. The molecular formula is C17H18N2O5S3. The number of thiazole rings is 1. The van der Waals surface area contributed by atoms with Gasteiger partial charge in [-0.3, -0.25) is 0 Å². The van der Waals surface area contributed by atoms with Gasteiger partial charge in [-0.25, -0.2) is 4.79 Å². The van der Waals surface area contributed by atoms with Crippen molar-refractivity contribution >= 4 is 48.9 Å². The first-order chi connectivity index (χ1) is 13.0. The summed E-state index contributed by atoms with van der Waals surface area (Å²) in [6.45, 7) is 3.33. The number of carbonyl (C=O) groups excluding carboxylic acids is 1. The molecule has 0 saturated carbocycles. The number of rotatable bonds is 7. The Bertz CT molecular complexity index is 1110. The van der Waals surface area contributed by atoms with E-state index in [4.69, 9.17) is 9.47 Å². The first-order valence-electron chi connectivity index (χ1n) is 8.10. The van der Waals surface area contributed by atoms with E-state index in [2.05, 4.69) is 4.40 Å². The van der Waals surface area contributed by atoms with Gasteiger partial charge in [0, 0.05) is 13.2 Å². The summed E-state index contributed by atoms with van der Waals surface area (Å²) in [5.41, 5.74) is 1.18. The lowest BCUT2D eigenvalue weighted by Crippen LogP contribution is -2.19. The normalized spacial score (nSPS) is 12.6. The van der Waals surface area contributed by atoms with Crippen molar-refractivity contribution in [3.05, 3.63) is 46.1 Å². The van der Waals surface area contributed by atoms with Gasteiger partial charge in [-0.05, 0) is 36.6 Å². The van der Waals surface area contributed by atoms with Gasteiger partial charge in [-0.15, -0.1) is 15.7 Å². The van der Waals surface area contributed by atoms with Crippen LogP contribution < -0.4 is 4.80 Å². The molecule has 0 saturated heterocycles. The highest BCUT2D eigenvalue weighted by atomic mass is 32.2. The quantitative estimate of drug-likeness (QED) is 0.428. The maximum Gasteiger partial charge on any atom is 0.337 e. The third-order valence-electron chi connectivity index (χ3n) is 3.71. The lowest BCUT2D eigenvalue weighted by molar-refractivity contribution is 0.0601. The number of fused-ring (bicyclic) bond motifs is 1. The average Bonchev–Trinajstić information content (AvgIpc) is 3.29. The number of ether oxygens (including phenoxy) is 2. The fourth-order valence-corrected chi connectivity index (χ4v) is 5.73. The van der Waals surface area contributed by atoms with Crippen molar-refractivity contribution in [2.45, 2.75) is 17.7 Å². The number of sulfonamides is 1. The van der Waals surface area contributed by atoms with E-state index in [0.29, 0.717) is 30.1 Å². The van der Waals surface area contributed by atoms with Gasteiger partial charge in [0.2, 0.25) is 4.80 Å². The van der Waals surface area contributed by atoms with E-state index < -0.39 is 16.0 Å². The number of hydrogen-bond donors (Lipinski definition) is 0. The summed E-state index contributed by atoms with van der Waals surface area (Å²) >= 11 is 2.33. The van der Waals surface area contributed by atoms with Gasteiger partial charge in [0.05, 0.1) is 29.5 Å². The topological polar surface area (TPSA) is 87.0 Å². The van der Waals surface area contributed by atoms with E-state index in [9.17, 15) is 13.2 Å². The Kier molecular flexibility index (Phi) is 6.10. The van der Waals surface area contributed by atoms with Crippen LogP contribution in [-0.2, 0) is 26.0 Å². The summed E-state index contributed by atoms with van der Waals surface area (Å²) in [4.78, 5) is 12.1. The number of methoxy groups -OCH3 is 1. The molecule has 0 aliphatic rings. The minimum absolute atomic E-state index is 0.187. The van der Waals surface area contributed by atoms with E-state index in [1.807, 2.05) is 6.92 Å². The molecule has 0 aliphatic heterocycles. The molecular weight excluding hydrogens is 408 g/mol. The van der Waals surface area contributed by atoms with Gasteiger partial charge in [-0.2, -0.15) is 8.42 Å². The maximum absolute atomic E-state index is 12.6. The van der Waals surface area contributed by atoms with Crippen molar-refractivity contribution in [2.24, 2.45) is 4.40 Å². The molecule has 0 spiro atoms. The molecule has 3 rings (SSSR count). The zero-order chi connectivity index (χ0) is 19.4. The summed E-state index contributed by atoms with van der Waals surface area (Å²) in [6.07, 6.45) is 0. The summed E-state index contributed by atoms with van der Waals surface area (Å²) in [5, 5.41) is 1.69. The van der Waals surface area contributed by atoms with E-state index in [-0.39, 0.29) is 4.21 Å². The van der Waals surface area contributed by atoms with E-state index in [1.54, 1.807) is 34.2 Å². The number of hydrogen-bond acceptors (Lipinski definition) is 7. The van der Waals surface area contributed by atoms with Crippen molar-refractivity contribution in [3.63, 3.8) is 0 Å². The minimum atomic E-state index is -3.80. The molecule has 10 heteroatoms. The standard InChI is InChI=1S/C17H18N2O5S3/c1-3-24-9-8-19-13-7-6-12(16(20)23-2)11-14(13)26-17(19)18-27(21,22)15-5-4-10-25-15/h4-7,10-11H,3,8-9H2,1-2H3. The Balaban J connectivity index is 2.16. The lowest BCUT2D eigenvalue weighted by Gasteiger charge is -2.06. The van der Waals surface area contributed by atoms with E-state index >= 15 is 0 Å². The van der Waals surface area contributed by atoms with E-state index in [0.717, 1.165) is 21.6 Å². The van der Waals surface area contributed by atoms with Gasteiger partial charge in [0.1, 0.15) is 4.21 Å². The summed E-state index contributed by atoms with van der Waals surface area (Å²) < 4.78 is 42.1. The Hall–Kier alpha value is -2.01. The number of carbonyl (C=O) groups is 1. The first kappa shape index (κ1) is 19.7.